The predicted molar refractivity (Wildman–Crippen MR) is 78.7 cm³/mol. The van der Waals surface area contributed by atoms with Gasteiger partial charge in [-0.15, -0.1) is 0 Å². The molecule has 0 aliphatic heterocycles. The molecule has 108 valence electrons. The molecule has 0 spiro atoms. The van der Waals surface area contributed by atoms with Crippen molar-refractivity contribution in [2.45, 2.75) is 26.8 Å². The molecule has 1 unspecified atom stereocenters. The Bertz CT molecular complexity index is 504. The number of likely N-dealkylation sites (N-methyl/N-ethyl adjacent to an activating group) is 1. The minimum atomic E-state index is -0.394. The summed E-state index contributed by atoms with van der Waals surface area (Å²) in [5.74, 6) is 0.663. The van der Waals surface area contributed by atoms with Crippen LogP contribution in [0, 0.1) is 11.3 Å². The molecule has 0 aliphatic carbocycles. The first-order valence-corrected chi connectivity index (χ1v) is 6.70. The van der Waals surface area contributed by atoms with Crippen molar-refractivity contribution < 1.29 is 9.53 Å². The lowest BCUT2D eigenvalue weighted by Gasteiger charge is -2.24. The van der Waals surface area contributed by atoms with Gasteiger partial charge in [-0.2, -0.15) is 5.26 Å². The van der Waals surface area contributed by atoms with E-state index in [4.69, 9.17) is 10.00 Å². The lowest BCUT2D eigenvalue weighted by atomic mass is 10.1. The molecule has 0 heterocycles. The number of hydrogen-bond acceptors (Lipinski definition) is 4. The summed E-state index contributed by atoms with van der Waals surface area (Å²) in [6.07, 6.45) is 0. The first-order valence-electron chi connectivity index (χ1n) is 6.70. The van der Waals surface area contributed by atoms with Crippen molar-refractivity contribution in [3.8, 4) is 11.8 Å². The highest BCUT2D eigenvalue weighted by atomic mass is 16.5. The van der Waals surface area contributed by atoms with Crippen LogP contribution in [0.25, 0.3) is 0 Å². The summed E-state index contributed by atoms with van der Waals surface area (Å²) in [5, 5.41) is 12.2. The lowest BCUT2D eigenvalue weighted by molar-refractivity contribution is -0.131. The molecule has 1 rings (SSSR count). The Kier molecular flexibility index (Phi) is 5.85. The molecule has 1 N–H and O–H groups in total. The Morgan fingerprint density at radius 1 is 1.45 bits per heavy atom. The zero-order valence-corrected chi connectivity index (χ0v) is 12.4. The molecule has 0 saturated heterocycles. The maximum Gasteiger partial charge on any atom is 0.244 e. The number of amides is 1. The molecule has 0 radical (unpaired) electrons. The van der Waals surface area contributed by atoms with E-state index in [1.54, 1.807) is 37.1 Å². The number of anilines is 1. The van der Waals surface area contributed by atoms with Crippen molar-refractivity contribution >= 4 is 11.6 Å². The third-order valence-electron chi connectivity index (χ3n) is 3.16. The van der Waals surface area contributed by atoms with Crippen molar-refractivity contribution in [1.29, 1.82) is 5.26 Å². The van der Waals surface area contributed by atoms with Crippen LogP contribution in [0.4, 0.5) is 5.69 Å². The maximum atomic E-state index is 12.2. The Morgan fingerprint density at radius 2 is 2.10 bits per heavy atom. The molecular formula is C15H21N3O2. The van der Waals surface area contributed by atoms with Crippen LogP contribution >= 0.6 is 0 Å². The smallest absolute Gasteiger partial charge is 0.244 e. The SMILES string of the molecule is CCN(CC)C(=O)C(C)Nc1cc(OC)ccc1C#N. The van der Waals surface area contributed by atoms with E-state index in [0.29, 0.717) is 30.1 Å². The summed E-state index contributed by atoms with van der Waals surface area (Å²) in [6.45, 7) is 7.02. The van der Waals surface area contributed by atoms with Crippen LogP contribution < -0.4 is 10.1 Å². The van der Waals surface area contributed by atoms with Crippen molar-refractivity contribution in [3.05, 3.63) is 23.8 Å². The van der Waals surface area contributed by atoms with Gasteiger partial charge in [0.15, 0.2) is 0 Å². The minimum absolute atomic E-state index is 0.0155. The third kappa shape index (κ3) is 3.64. The highest BCUT2D eigenvalue weighted by Gasteiger charge is 2.19. The first-order chi connectivity index (χ1) is 9.57. The summed E-state index contributed by atoms with van der Waals surface area (Å²) in [4.78, 5) is 14.0. The molecule has 1 atom stereocenters. The molecule has 1 aromatic rings. The summed E-state index contributed by atoms with van der Waals surface area (Å²) in [5.41, 5.74) is 1.10. The molecule has 0 fully saturated rings. The fourth-order valence-corrected chi connectivity index (χ4v) is 1.97. The molecule has 20 heavy (non-hydrogen) atoms. The highest BCUT2D eigenvalue weighted by Crippen LogP contribution is 2.22. The highest BCUT2D eigenvalue weighted by molar-refractivity contribution is 5.84. The van der Waals surface area contributed by atoms with Gasteiger partial charge in [-0.3, -0.25) is 4.79 Å². The second kappa shape index (κ2) is 7.39. The quantitative estimate of drug-likeness (QED) is 0.864. The van der Waals surface area contributed by atoms with Gasteiger partial charge in [0.05, 0.1) is 18.4 Å². The summed E-state index contributed by atoms with van der Waals surface area (Å²) in [6, 6.07) is 6.84. The van der Waals surface area contributed by atoms with Crippen LogP contribution in [0.2, 0.25) is 0 Å². The zero-order valence-electron chi connectivity index (χ0n) is 12.4. The topological polar surface area (TPSA) is 65.4 Å². The van der Waals surface area contributed by atoms with Gasteiger partial charge in [0.25, 0.3) is 0 Å². The molecule has 0 saturated carbocycles. The minimum Gasteiger partial charge on any atom is -0.497 e. The average Bonchev–Trinajstić information content (AvgIpc) is 2.48. The molecule has 1 amide bonds. The third-order valence-corrected chi connectivity index (χ3v) is 3.16. The summed E-state index contributed by atoms with van der Waals surface area (Å²) < 4.78 is 5.14. The van der Waals surface area contributed by atoms with Crippen LogP contribution in [0.15, 0.2) is 18.2 Å². The van der Waals surface area contributed by atoms with E-state index in [-0.39, 0.29) is 5.91 Å². The largest absolute Gasteiger partial charge is 0.497 e. The van der Waals surface area contributed by atoms with E-state index < -0.39 is 6.04 Å². The van der Waals surface area contributed by atoms with Crippen LogP contribution in [0.5, 0.6) is 5.75 Å². The number of nitrogens with one attached hydrogen (secondary N) is 1. The van der Waals surface area contributed by atoms with Gasteiger partial charge in [0.1, 0.15) is 17.9 Å². The van der Waals surface area contributed by atoms with E-state index in [1.165, 1.54) is 0 Å². The lowest BCUT2D eigenvalue weighted by Crippen LogP contribution is -2.41. The summed E-state index contributed by atoms with van der Waals surface area (Å²) in [7, 11) is 1.57. The van der Waals surface area contributed by atoms with Crippen molar-refractivity contribution in [3.63, 3.8) is 0 Å². The fraction of sp³-hybridized carbons (Fsp3) is 0.467. The van der Waals surface area contributed by atoms with Gasteiger partial charge >= 0.3 is 0 Å². The van der Waals surface area contributed by atoms with Gasteiger partial charge < -0.3 is 15.0 Å². The van der Waals surface area contributed by atoms with Crippen molar-refractivity contribution in [2.75, 3.05) is 25.5 Å². The average molecular weight is 275 g/mol. The number of benzene rings is 1. The van der Waals surface area contributed by atoms with E-state index in [9.17, 15) is 4.79 Å². The fourth-order valence-electron chi connectivity index (χ4n) is 1.97. The predicted octanol–water partition coefficient (Wildman–Crippen LogP) is 2.24. The van der Waals surface area contributed by atoms with Gasteiger partial charge in [0, 0.05) is 19.2 Å². The zero-order chi connectivity index (χ0) is 15.1. The van der Waals surface area contributed by atoms with E-state index in [1.807, 2.05) is 13.8 Å². The Hall–Kier alpha value is -2.22. The van der Waals surface area contributed by atoms with Gasteiger partial charge in [-0.05, 0) is 32.9 Å². The van der Waals surface area contributed by atoms with Gasteiger partial charge in [-0.25, -0.2) is 0 Å². The first kappa shape index (κ1) is 15.8. The molecule has 1 aromatic carbocycles. The van der Waals surface area contributed by atoms with Crippen LogP contribution in [0.1, 0.15) is 26.3 Å². The van der Waals surface area contributed by atoms with Gasteiger partial charge in [-0.1, -0.05) is 0 Å². The van der Waals surface area contributed by atoms with Crippen molar-refractivity contribution in [2.24, 2.45) is 0 Å². The van der Waals surface area contributed by atoms with E-state index in [2.05, 4.69) is 11.4 Å². The van der Waals surface area contributed by atoms with Crippen LogP contribution in [-0.2, 0) is 4.79 Å². The van der Waals surface area contributed by atoms with Gasteiger partial charge in [0.2, 0.25) is 5.91 Å². The molecule has 0 aliphatic rings. The number of nitriles is 1. The molecule has 0 aromatic heterocycles. The van der Waals surface area contributed by atoms with Crippen LogP contribution in [-0.4, -0.2) is 37.0 Å². The van der Waals surface area contributed by atoms with E-state index in [0.717, 1.165) is 0 Å². The van der Waals surface area contributed by atoms with Crippen molar-refractivity contribution in [1.82, 2.24) is 4.90 Å². The number of ether oxygens (including phenoxy) is 1. The van der Waals surface area contributed by atoms with E-state index >= 15 is 0 Å². The number of rotatable bonds is 6. The number of hydrogen-bond donors (Lipinski definition) is 1. The normalized spacial score (nSPS) is 11.3. The number of carbonyl (C=O) groups excluding carboxylic acids is 1. The number of methoxy groups -OCH3 is 1. The molecular weight excluding hydrogens is 254 g/mol. The Morgan fingerprint density at radius 3 is 2.60 bits per heavy atom. The number of carbonyl (C=O) groups is 1. The molecule has 5 heteroatoms. The second-order valence-electron chi connectivity index (χ2n) is 4.40. The standard InChI is InChI=1S/C15H21N3O2/c1-5-18(6-2)15(19)11(3)17-14-9-13(20-4)8-7-12(14)10-16/h7-9,11,17H,5-6H2,1-4H3. The monoisotopic (exact) mass is 275 g/mol. The Balaban J connectivity index is 2.92. The maximum absolute atomic E-state index is 12.2. The molecule has 0 bridgehead atoms. The second-order valence-corrected chi connectivity index (χ2v) is 4.40. The number of nitrogens with zero attached hydrogens (tertiary/aromatic N) is 2. The summed E-state index contributed by atoms with van der Waals surface area (Å²) >= 11 is 0. The van der Waals surface area contributed by atoms with Crippen LogP contribution in [0.3, 0.4) is 0 Å². The molecule has 5 nitrogen and oxygen atoms in total. The Labute approximate surface area is 120 Å².